The summed E-state index contributed by atoms with van der Waals surface area (Å²) >= 11 is 0. The second-order valence-electron chi connectivity index (χ2n) is 5.91. The van der Waals surface area contributed by atoms with Crippen LogP contribution in [0.5, 0.6) is 0 Å². The van der Waals surface area contributed by atoms with Crippen molar-refractivity contribution in [1.29, 1.82) is 0 Å². The molecule has 2 rings (SSSR count). The lowest BCUT2D eigenvalue weighted by Crippen LogP contribution is -2.49. The summed E-state index contributed by atoms with van der Waals surface area (Å²) in [6.07, 6.45) is 6.29. The van der Waals surface area contributed by atoms with Crippen molar-refractivity contribution in [3.63, 3.8) is 0 Å². The van der Waals surface area contributed by atoms with E-state index in [0.717, 1.165) is 51.7 Å². The molecule has 0 radical (unpaired) electrons. The predicted molar refractivity (Wildman–Crippen MR) is 77.4 cm³/mol. The standard InChI is InChI=1S/C15H28N2O3/c1-2-5-14(16)15(18)17(10-12-6-3-8-19-12)11-13-7-4-9-20-13/h12-14H,2-11,16H2,1H3. The van der Waals surface area contributed by atoms with Crippen LogP contribution in [0.3, 0.4) is 0 Å². The smallest absolute Gasteiger partial charge is 0.239 e. The minimum atomic E-state index is -0.386. The fraction of sp³-hybridized carbons (Fsp3) is 0.933. The molecule has 2 aliphatic heterocycles. The molecule has 2 N–H and O–H groups in total. The van der Waals surface area contributed by atoms with Crippen LogP contribution in [0.4, 0.5) is 0 Å². The van der Waals surface area contributed by atoms with Gasteiger partial charge < -0.3 is 20.1 Å². The van der Waals surface area contributed by atoms with Gasteiger partial charge in [0.05, 0.1) is 18.2 Å². The fourth-order valence-electron chi connectivity index (χ4n) is 2.99. The Morgan fingerprint density at radius 1 is 1.20 bits per heavy atom. The highest BCUT2D eigenvalue weighted by Crippen LogP contribution is 2.18. The Hall–Kier alpha value is -0.650. The van der Waals surface area contributed by atoms with Crippen molar-refractivity contribution in [3.05, 3.63) is 0 Å². The highest BCUT2D eigenvalue weighted by molar-refractivity contribution is 5.81. The molecule has 5 nitrogen and oxygen atoms in total. The summed E-state index contributed by atoms with van der Waals surface area (Å²) < 4.78 is 11.3. The van der Waals surface area contributed by atoms with Gasteiger partial charge >= 0.3 is 0 Å². The lowest BCUT2D eigenvalue weighted by molar-refractivity contribution is -0.136. The molecule has 1 amide bonds. The number of rotatable bonds is 7. The number of carbonyl (C=O) groups excluding carboxylic acids is 1. The summed E-state index contributed by atoms with van der Waals surface area (Å²) in [5.41, 5.74) is 6.00. The van der Waals surface area contributed by atoms with Crippen LogP contribution in [0, 0.1) is 0 Å². The van der Waals surface area contributed by atoms with E-state index < -0.39 is 0 Å². The summed E-state index contributed by atoms with van der Waals surface area (Å²) in [5, 5.41) is 0. The summed E-state index contributed by atoms with van der Waals surface area (Å²) in [5.74, 6) is 0.0536. The van der Waals surface area contributed by atoms with Gasteiger partial charge in [0.2, 0.25) is 5.91 Å². The summed E-state index contributed by atoms with van der Waals surface area (Å²) in [7, 11) is 0. The third-order valence-electron chi connectivity index (χ3n) is 4.12. The molecule has 2 fully saturated rings. The van der Waals surface area contributed by atoms with Gasteiger partial charge in [0, 0.05) is 26.3 Å². The van der Waals surface area contributed by atoms with E-state index in [1.54, 1.807) is 0 Å². The molecule has 2 aliphatic rings. The number of ether oxygens (including phenoxy) is 2. The molecule has 2 saturated heterocycles. The van der Waals surface area contributed by atoms with Crippen LogP contribution < -0.4 is 5.73 Å². The molecule has 2 heterocycles. The molecule has 20 heavy (non-hydrogen) atoms. The van der Waals surface area contributed by atoms with Crippen molar-refractivity contribution < 1.29 is 14.3 Å². The van der Waals surface area contributed by atoms with Crippen molar-refractivity contribution in [3.8, 4) is 0 Å². The van der Waals surface area contributed by atoms with Crippen LogP contribution in [0.15, 0.2) is 0 Å². The zero-order valence-corrected chi connectivity index (χ0v) is 12.6. The van der Waals surface area contributed by atoms with E-state index in [1.165, 1.54) is 0 Å². The number of nitrogens with two attached hydrogens (primary N) is 1. The van der Waals surface area contributed by atoms with Crippen LogP contribution in [0.25, 0.3) is 0 Å². The summed E-state index contributed by atoms with van der Waals surface area (Å²) in [4.78, 5) is 14.4. The number of hydrogen-bond donors (Lipinski definition) is 1. The van der Waals surface area contributed by atoms with E-state index in [9.17, 15) is 4.79 Å². The Morgan fingerprint density at radius 3 is 2.15 bits per heavy atom. The van der Waals surface area contributed by atoms with Gasteiger partial charge in [0.1, 0.15) is 0 Å². The second-order valence-corrected chi connectivity index (χ2v) is 5.91. The minimum absolute atomic E-state index is 0.0536. The zero-order chi connectivity index (χ0) is 14.4. The topological polar surface area (TPSA) is 64.8 Å². The van der Waals surface area contributed by atoms with Gasteiger partial charge in [-0.1, -0.05) is 13.3 Å². The molecule has 3 unspecified atom stereocenters. The highest BCUT2D eigenvalue weighted by Gasteiger charge is 2.29. The van der Waals surface area contributed by atoms with Crippen LogP contribution >= 0.6 is 0 Å². The first-order valence-corrected chi connectivity index (χ1v) is 7.98. The number of carbonyl (C=O) groups is 1. The maximum atomic E-state index is 12.5. The predicted octanol–water partition coefficient (Wildman–Crippen LogP) is 1.30. The van der Waals surface area contributed by atoms with Gasteiger partial charge in [-0.3, -0.25) is 4.79 Å². The fourth-order valence-corrected chi connectivity index (χ4v) is 2.99. The Bertz CT molecular complexity index is 281. The monoisotopic (exact) mass is 284 g/mol. The Morgan fingerprint density at radius 2 is 1.75 bits per heavy atom. The van der Waals surface area contributed by atoms with E-state index >= 15 is 0 Å². The molecule has 0 aromatic carbocycles. The summed E-state index contributed by atoms with van der Waals surface area (Å²) in [6, 6.07) is -0.386. The zero-order valence-electron chi connectivity index (χ0n) is 12.6. The number of hydrogen-bond acceptors (Lipinski definition) is 4. The van der Waals surface area contributed by atoms with Crippen LogP contribution in [0.2, 0.25) is 0 Å². The molecular weight excluding hydrogens is 256 g/mol. The molecule has 0 aromatic heterocycles. The second kappa shape index (κ2) is 7.96. The normalized spacial score (nSPS) is 27.7. The van der Waals surface area contributed by atoms with Gasteiger partial charge in [-0.05, 0) is 32.1 Å². The molecule has 0 saturated carbocycles. The maximum absolute atomic E-state index is 12.5. The minimum Gasteiger partial charge on any atom is -0.376 e. The van der Waals surface area contributed by atoms with E-state index in [-0.39, 0.29) is 24.2 Å². The maximum Gasteiger partial charge on any atom is 0.239 e. The molecule has 5 heteroatoms. The van der Waals surface area contributed by atoms with Crippen molar-refractivity contribution in [2.45, 2.75) is 63.7 Å². The van der Waals surface area contributed by atoms with Crippen molar-refractivity contribution in [2.75, 3.05) is 26.3 Å². The first-order valence-electron chi connectivity index (χ1n) is 7.98. The third-order valence-corrected chi connectivity index (χ3v) is 4.12. The van der Waals surface area contributed by atoms with Gasteiger partial charge in [-0.2, -0.15) is 0 Å². The lowest BCUT2D eigenvalue weighted by atomic mass is 10.1. The molecule has 116 valence electrons. The van der Waals surface area contributed by atoms with Crippen molar-refractivity contribution >= 4 is 5.91 Å². The van der Waals surface area contributed by atoms with E-state index in [1.807, 2.05) is 4.90 Å². The SMILES string of the molecule is CCCC(N)C(=O)N(CC1CCCO1)CC1CCCO1. The van der Waals surface area contributed by atoms with Gasteiger partial charge in [-0.25, -0.2) is 0 Å². The van der Waals surface area contributed by atoms with Gasteiger partial charge in [-0.15, -0.1) is 0 Å². The Labute approximate surface area is 121 Å². The molecule has 0 bridgehead atoms. The average Bonchev–Trinajstić information content (AvgIpc) is 3.10. The van der Waals surface area contributed by atoms with Crippen LogP contribution in [-0.2, 0) is 14.3 Å². The molecule has 0 aliphatic carbocycles. The van der Waals surface area contributed by atoms with Gasteiger partial charge in [0.15, 0.2) is 0 Å². The van der Waals surface area contributed by atoms with Crippen LogP contribution in [-0.4, -0.2) is 55.4 Å². The highest BCUT2D eigenvalue weighted by atomic mass is 16.5. The van der Waals surface area contributed by atoms with E-state index in [2.05, 4.69) is 6.92 Å². The number of nitrogens with zero attached hydrogens (tertiary/aromatic N) is 1. The Balaban J connectivity index is 1.91. The quantitative estimate of drug-likeness (QED) is 0.765. The first kappa shape index (κ1) is 15.7. The Kier molecular flexibility index (Phi) is 6.26. The molecule has 0 aromatic rings. The number of amides is 1. The van der Waals surface area contributed by atoms with Crippen LogP contribution in [0.1, 0.15) is 45.4 Å². The first-order chi connectivity index (χ1) is 9.70. The largest absolute Gasteiger partial charge is 0.376 e. The third kappa shape index (κ3) is 4.43. The molecule has 0 spiro atoms. The van der Waals surface area contributed by atoms with Crippen molar-refractivity contribution in [2.24, 2.45) is 5.73 Å². The van der Waals surface area contributed by atoms with Gasteiger partial charge in [0.25, 0.3) is 0 Å². The van der Waals surface area contributed by atoms with E-state index in [4.69, 9.17) is 15.2 Å². The molecule has 3 atom stereocenters. The van der Waals surface area contributed by atoms with Crippen molar-refractivity contribution in [1.82, 2.24) is 4.90 Å². The van der Waals surface area contributed by atoms with E-state index in [0.29, 0.717) is 13.1 Å². The average molecular weight is 284 g/mol. The summed E-state index contributed by atoms with van der Waals surface area (Å²) in [6.45, 7) is 5.01. The molecular formula is C15H28N2O3. The lowest BCUT2D eigenvalue weighted by Gasteiger charge is -2.30.